The summed E-state index contributed by atoms with van der Waals surface area (Å²) < 4.78 is 0. The number of carbonyl (C=O) groups is 1. The number of para-hydroxylation sites is 1. The third-order valence-corrected chi connectivity index (χ3v) is 2.65. The van der Waals surface area contributed by atoms with Crippen LogP contribution in [0.3, 0.4) is 0 Å². The van der Waals surface area contributed by atoms with Gasteiger partial charge in [0.2, 0.25) is 0 Å². The van der Waals surface area contributed by atoms with E-state index in [-0.39, 0.29) is 12.6 Å². The van der Waals surface area contributed by atoms with Crippen LogP contribution in [0.25, 0.3) is 6.08 Å². The van der Waals surface area contributed by atoms with Gasteiger partial charge in [-0.05, 0) is 29.8 Å². The van der Waals surface area contributed by atoms with Crippen LogP contribution in [-0.2, 0) is 0 Å². The van der Waals surface area contributed by atoms with Crippen molar-refractivity contribution >= 4 is 23.5 Å². The van der Waals surface area contributed by atoms with Crippen LogP contribution in [-0.4, -0.2) is 17.7 Å². The number of aliphatic hydroxyl groups is 1. The highest BCUT2D eigenvalue weighted by atomic mass is 16.2. The van der Waals surface area contributed by atoms with Gasteiger partial charge in [0.1, 0.15) is 0 Å². The second-order valence-electron chi connectivity index (χ2n) is 4.28. The summed E-state index contributed by atoms with van der Waals surface area (Å²) in [6, 6.07) is 16.3. The fraction of sp³-hybridized carbons (Fsp3) is 0.0625. The predicted molar refractivity (Wildman–Crippen MR) is 84.8 cm³/mol. The normalized spacial score (nSPS) is 10.3. The van der Waals surface area contributed by atoms with E-state index in [1.54, 1.807) is 18.2 Å². The number of benzene rings is 2. The quantitative estimate of drug-likeness (QED) is 0.638. The maximum Gasteiger partial charge on any atom is 0.337 e. The Morgan fingerprint density at radius 2 is 1.81 bits per heavy atom. The Labute approximate surface area is 123 Å². The van der Waals surface area contributed by atoms with Crippen LogP contribution >= 0.6 is 0 Å². The van der Waals surface area contributed by atoms with Gasteiger partial charge in [-0.2, -0.15) is 0 Å². The summed E-state index contributed by atoms with van der Waals surface area (Å²) >= 11 is 0. The number of hydrazine groups is 1. The van der Waals surface area contributed by atoms with E-state index in [0.717, 1.165) is 11.3 Å². The van der Waals surface area contributed by atoms with Gasteiger partial charge in [0.05, 0.1) is 12.3 Å². The zero-order valence-corrected chi connectivity index (χ0v) is 11.4. The van der Waals surface area contributed by atoms with Crippen molar-refractivity contribution in [2.45, 2.75) is 0 Å². The number of anilines is 2. The Kier molecular flexibility index (Phi) is 5.37. The molecular weight excluding hydrogens is 266 g/mol. The molecule has 21 heavy (non-hydrogen) atoms. The molecule has 0 saturated heterocycles. The van der Waals surface area contributed by atoms with Gasteiger partial charge < -0.3 is 10.4 Å². The van der Waals surface area contributed by atoms with Gasteiger partial charge in [-0.1, -0.05) is 42.5 Å². The van der Waals surface area contributed by atoms with E-state index in [4.69, 9.17) is 5.11 Å². The van der Waals surface area contributed by atoms with Crippen molar-refractivity contribution in [1.29, 1.82) is 0 Å². The average Bonchev–Trinajstić information content (AvgIpc) is 2.52. The van der Waals surface area contributed by atoms with Crippen molar-refractivity contribution in [1.82, 2.24) is 5.43 Å². The lowest BCUT2D eigenvalue weighted by Crippen LogP contribution is -2.33. The smallest absolute Gasteiger partial charge is 0.337 e. The fourth-order valence-electron chi connectivity index (χ4n) is 1.72. The van der Waals surface area contributed by atoms with Gasteiger partial charge >= 0.3 is 6.03 Å². The zero-order valence-electron chi connectivity index (χ0n) is 11.4. The molecule has 0 saturated carbocycles. The van der Waals surface area contributed by atoms with Crippen molar-refractivity contribution in [3.8, 4) is 0 Å². The summed E-state index contributed by atoms with van der Waals surface area (Å²) in [5, 5.41) is 11.5. The zero-order chi connectivity index (χ0) is 14.9. The molecule has 0 atom stereocenters. The van der Waals surface area contributed by atoms with Crippen molar-refractivity contribution in [2.75, 3.05) is 17.3 Å². The minimum absolute atomic E-state index is 0.0147. The molecule has 0 radical (unpaired) electrons. The van der Waals surface area contributed by atoms with Crippen LogP contribution < -0.4 is 16.2 Å². The molecule has 5 heteroatoms. The highest BCUT2D eigenvalue weighted by Crippen LogP contribution is 2.12. The third kappa shape index (κ3) is 5.00. The van der Waals surface area contributed by atoms with E-state index < -0.39 is 0 Å². The van der Waals surface area contributed by atoms with Crippen LogP contribution in [0, 0.1) is 0 Å². The van der Waals surface area contributed by atoms with Crippen molar-refractivity contribution < 1.29 is 9.90 Å². The standard InChI is InChI=1S/C16H17N3O2/c20-11-5-7-13-6-4-10-15(12-13)17-16(21)19-18-14-8-2-1-3-9-14/h1-10,12,18,20H,11H2,(H2,17,19,21). The Morgan fingerprint density at radius 1 is 1.05 bits per heavy atom. The fourth-order valence-corrected chi connectivity index (χ4v) is 1.72. The lowest BCUT2D eigenvalue weighted by atomic mass is 10.2. The lowest BCUT2D eigenvalue weighted by molar-refractivity contribution is 0.254. The van der Waals surface area contributed by atoms with Gasteiger partial charge in [-0.3, -0.25) is 10.9 Å². The largest absolute Gasteiger partial charge is 0.392 e. The number of urea groups is 1. The first-order valence-corrected chi connectivity index (χ1v) is 6.53. The molecule has 0 aromatic heterocycles. The SMILES string of the molecule is O=C(NNc1ccccc1)Nc1cccc(C=CCO)c1. The Balaban J connectivity index is 1.89. The molecule has 2 rings (SSSR count). The van der Waals surface area contributed by atoms with Gasteiger partial charge in [-0.15, -0.1) is 0 Å². The monoisotopic (exact) mass is 283 g/mol. The van der Waals surface area contributed by atoms with E-state index in [2.05, 4.69) is 16.2 Å². The number of nitrogens with one attached hydrogen (secondary N) is 3. The maximum absolute atomic E-state index is 11.8. The molecule has 2 amide bonds. The molecule has 0 spiro atoms. The van der Waals surface area contributed by atoms with Gasteiger partial charge in [-0.25, -0.2) is 4.79 Å². The summed E-state index contributed by atoms with van der Waals surface area (Å²) in [6.07, 6.45) is 3.42. The molecule has 108 valence electrons. The number of carbonyl (C=O) groups excluding carboxylic acids is 1. The molecule has 4 N–H and O–H groups in total. The molecule has 0 heterocycles. The maximum atomic E-state index is 11.8. The van der Waals surface area contributed by atoms with Gasteiger partial charge in [0.25, 0.3) is 0 Å². The molecule has 0 aliphatic rings. The second-order valence-corrected chi connectivity index (χ2v) is 4.28. The number of hydrogen-bond donors (Lipinski definition) is 4. The van der Waals surface area contributed by atoms with E-state index in [1.165, 1.54) is 0 Å². The summed E-state index contributed by atoms with van der Waals surface area (Å²) in [7, 11) is 0. The molecule has 2 aromatic carbocycles. The highest BCUT2D eigenvalue weighted by molar-refractivity contribution is 5.90. The Hall–Kier alpha value is -2.79. The Bertz CT molecular complexity index is 612. The lowest BCUT2D eigenvalue weighted by Gasteiger charge is -2.10. The first-order valence-electron chi connectivity index (χ1n) is 6.53. The summed E-state index contributed by atoms with van der Waals surface area (Å²) in [4.78, 5) is 11.8. The minimum atomic E-state index is -0.359. The summed E-state index contributed by atoms with van der Waals surface area (Å²) in [5.41, 5.74) is 7.72. The van der Waals surface area contributed by atoms with Crippen molar-refractivity contribution in [3.05, 3.63) is 66.2 Å². The van der Waals surface area contributed by atoms with Crippen LogP contribution in [0.2, 0.25) is 0 Å². The minimum Gasteiger partial charge on any atom is -0.392 e. The van der Waals surface area contributed by atoms with E-state index >= 15 is 0 Å². The second kappa shape index (κ2) is 7.72. The summed E-state index contributed by atoms with van der Waals surface area (Å²) in [6.45, 7) is -0.0147. The van der Waals surface area contributed by atoms with Crippen molar-refractivity contribution in [3.63, 3.8) is 0 Å². The van der Waals surface area contributed by atoms with Crippen LogP contribution in [0.15, 0.2) is 60.7 Å². The third-order valence-electron chi connectivity index (χ3n) is 2.65. The van der Waals surface area contributed by atoms with Crippen LogP contribution in [0.4, 0.5) is 16.2 Å². The molecular formula is C16H17N3O2. The van der Waals surface area contributed by atoms with Crippen LogP contribution in [0.1, 0.15) is 5.56 Å². The number of hydrogen-bond acceptors (Lipinski definition) is 3. The molecule has 0 unspecified atom stereocenters. The highest BCUT2D eigenvalue weighted by Gasteiger charge is 2.01. The first-order chi connectivity index (χ1) is 10.3. The number of amides is 2. The molecule has 0 aliphatic carbocycles. The number of rotatable bonds is 5. The predicted octanol–water partition coefficient (Wildman–Crippen LogP) is 2.84. The van der Waals surface area contributed by atoms with E-state index in [1.807, 2.05) is 48.5 Å². The van der Waals surface area contributed by atoms with E-state index in [9.17, 15) is 4.79 Å². The molecule has 2 aromatic rings. The van der Waals surface area contributed by atoms with Crippen LogP contribution in [0.5, 0.6) is 0 Å². The van der Waals surface area contributed by atoms with Gasteiger partial charge in [0.15, 0.2) is 0 Å². The summed E-state index contributed by atoms with van der Waals surface area (Å²) in [5.74, 6) is 0. The molecule has 0 fully saturated rings. The Morgan fingerprint density at radius 3 is 2.57 bits per heavy atom. The topological polar surface area (TPSA) is 73.4 Å². The average molecular weight is 283 g/mol. The molecule has 5 nitrogen and oxygen atoms in total. The number of aliphatic hydroxyl groups excluding tert-OH is 1. The molecule has 0 bridgehead atoms. The molecule has 0 aliphatic heterocycles. The van der Waals surface area contributed by atoms with Crippen molar-refractivity contribution in [2.24, 2.45) is 0 Å². The van der Waals surface area contributed by atoms with E-state index in [0.29, 0.717) is 5.69 Å². The first kappa shape index (κ1) is 14.6. The van der Waals surface area contributed by atoms with Gasteiger partial charge in [0, 0.05) is 5.69 Å².